The molecule has 0 aliphatic carbocycles. The quantitative estimate of drug-likeness (QED) is 0.777. The maximum absolute atomic E-state index is 5.49. The van der Waals surface area contributed by atoms with E-state index in [4.69, 9.17) is 9.68 Å². The van der Waals surface area contributed by atoms with Gasteiger partial charge < -0.3 is 0 Å². The first-order valence-corrected chi connectivity index (χ1v) is 8.71. The van der Waals surface area contributed by atoms with Crippen molar-refractivity contribution in [2.24, 2.45) is 9.98 Å². The predicted molar refractivity (Wildman–Crippen MR) is 93.5 cm³/mol. The summed E-state index contributed by atoms with van der Waals surface area (Å²) >= 11 is 0. The van der Waals surface area contributed by atoms with Crippen LogP contribution in [0, 0.1) is 0 Å². The lowest BCUT2D eigenvalue weighted by Crippen LogP contribution is -2.39. The smallest absolute Gasteiger partial charge is 0.171 e. The summed E-state index contributed by atoms with van der Waals surface area (Å²) < 4.78 is 0. The van der Waals surface area contributed by atoms with Crippen LogP contribution in [0.4, 0.5) is 0 Å². The fraction of sp³-hybridized carbons (Fsp3) is 0.250. The van der Waals surface area contributed by atoms with E-state index >= 15 is 0 Å². The van der Waals surface area contributed by atoms with Crippen LogP contribution in [0.2, 0.25) is 0 Å². The summed E-state index contributed by atoms with van der Waals surface area (Å²) in [7, 11) is 2.42. The maximum Gasteiger partial charge on any atom is 0.171 e. The van der Waals surface area contributed by atoms with Gasteiger partial charge in [-0.15, -0.1) is 0 Å². The van der Waals surface area contributed by atoms with Gasteiger partial charge in [-0.05, 0) is 17.5 Å². The minimum absolute atomic E-state index is 0.173. The Kier molecular flexibility index (Phi) is 5.18. The van der Waals surface area contributed by atoms with E-state index in [2.05, 4.69) is 22.1 Å². The van der Waals surface area contributed by atoms with Crippen molar-refractivity contribution >= 4 is 25.7 Å². The van der Waals surface area contributed by atoms with Crippen LogP contribution in [0.3, 0.4) is 0 Å². The van der Waals surface area contributed by atoms with Crippen molar-refractivity contribution in [1.82, 2.24) is 10.1 Å². The monoisotopic (exact) mass is 330 g/mol. The SMILES string of the molecule is CON1C=CC=NC1P(c1ccccc1)C1N=CC=CN1OC. The first kappa shape index (κ1) is 15.9. The largest absolute Gasteiger partial charge is 0.275 e. The van der Waals surface area contributed by atoms with Gasteiger partial charge in [0.1, 0.15) is 0 Å². The van der Waals surface area contributed by atoms with Crippen molar-refractivity contribution in [3.05, 3.63) is 54.9 Å². The normalized spacial score (nSPS) is 24.3. The number of hydrogen-bond acceptors (Lipinski definition) is 6. The third kappa shape index (κ3) is 3.34. The second-order valence-electron chi connectivity index (χ2n) is 4.80. The molecule has 3 rings (SSSR count). The average molecular weight is 330 g/mol. The van der Waals surface area contributed by atoms with E-state index in [9.17, 15) is 0 Å². The van der Waals surface area contributed by atoms with Crippen LogP contribution in [0.25, 0.3) is 0 Å². The fourth-order valence-corrected chi connectivity index (χ4v) is 5.03. The molecule has 7 heteroatoms. The number of hydroxylamine groups is 4. The second kappa shape index (κ2) is 7.51. The Balaban J connectivity index is 2.00. The van der Waals surface area contributed by atoms with Gasteiger partial charge in [0, 0.05) is 32.8 Å². The number of rotatable bonds is 5. The summed E-state index contributed by atoms with van der Waals surface area (Å²) in [4.78, 5) is 20.3. The summed E-state index contributed by atoms with van der Waals surface area (Å²) in [5.41, 5.74) is 0. The first-order valence-electron chi connectivity index (χ1n) is 7.23. The molecule has 0 spiro atoms. The van der Waals surface area contributed by atoms with Crippen molar-refractivity contribution in [2.75, 3.05) is 14.2 Å². The molecule has 0 bridgehead atoms. The van der Waals surface area contributed by atoms with E-state index < -0.39 is 7.92 Å². The molecule has 2 unspecified atom stereocenters. The molecule has 1 aromatic carbocycles. The zero-order chi connectivity index (χ0) is 16.1. The Labute approximate surface area is 137 Å². The van der Waals surface area contributed by atoms with Gasteiger partial charge in [-0.3, -0.25) is 19.7 Å². The molecular weight excluding hydrogens is 311 g/mol. The Hall–Kier alpha value is -2.01. The maximum atomic E-state index is 5.49. The molecule has 0 amide bonds. The number of nitrogens with zero attached hydrogens (tertiary/aromatic N) is 4. The highest BCUT2D eigenvalue weighted by Gasteiger charge is 2.37. The molecule has 0 radical (unpaired) electrons. The minimum Gasteiger partial charge on any atom is -0.275 e. The van der Waals surface area contributed by atoms with Crippen LogP contribution in [-0.4, -0.2) is 48.6 Å². The molecule has 6 nitrogen and oxygen atoms in total. The van der Waals surface area contributed by atoms with Crippen LogP contribution >= 0.6 is 7.92 Å². The number of aliphatic imine (C=N–C) groups is 2. The van der Waals surface area contributed by atoms with Gasteiger partial charge in [0.2, 0.25) is 0 Å². The van der Waals surface area contributed by atoms with Gasteiger partial charge in [-0.25, -0.2) is 10.1 Å². The molecule has 2 aliphatic heterocycles. The molecule has 0 aromatic heterocycles. The van der Waals surface area contributed by atoms with Crippen molar-refractivity contribution < 1.29 is 9.68 Å². The molecular formula is C16H19N4O2P. The molecule has 0 saturated heterocycles. The Morgan fingerprint density at radius 2 is 1.39 bits per heavy atom. The van der Waals surface area contributed by atoms with Crippen LogP contribution in [-0.2, 0) is 9.68 Å². The number of allylic oxidation sites excluding steroid dienone is 2. The van der Waals surface area contributed by atoms with Gasteiger partial charge in [0.25, 0.3) is 0 Å². The zero-order valence-electron chi connectivity index (χ0n) is 13.1. The van der Waals surface area contributed by atoms with Crippen molar-refractivity contribution in [2.45, 2.75) is 11.8 Å². The Bertz CT molecular complexity index is 596. The third-order valence-electron chi connectivity index (χ3n) is 3.51. The molecule has 2 aliphatic rings. The van der Waals surface area contributed by atoms with Gasteiger partial charge >= 0.3 is 0 Å². The van der Waals surface area contributed by atoms with Gasteiger partial charge in [-0.2, -0.15) is 0 Å². The Morgan fingerprint density at radius 1 is 0.870 bits per heavy atom. The van der Waals surface area contributed by atoms with Gasteiger partial charge in [0.15, 0.2) is 11.8 Å². The number of hydrogen-bond donors (Lipinski definition) is 0. The highest BCUT2D eigenvalue weighted by atomic mass is 31.1. The second-order valence-corrected chi connectivity index (χ2v) is 7.05. The van der Waals surface area contributed by atoms with Gasteiger partial charge in [0.05, 0.1) is 14.2 Å². The third-order valence-corrected chi connectivity index (χ3v) is 6.12. The van der Waals surface area contributed by atoms with E-state index in [1.54, 1.807) is 36.8 Å². The molecule has 1 aromatic rings. The molecule has 2 heterocycles. The van der Waals surface area contributed by atoms with E-state index in [1.807, 2.05) is 42.8 Å². The summed E-state index contributed by atoms with van der Waals surface area (Å²) in [5.74, 6) is -0.345. The van der Waals surface area contributed by atoms with Gasteiger partial charge in [-0.1, -0.05) is 30.3 Å². The molecule has 120 valence electrons. The van der Waals surface area contributed by atoms with Crippen molar-refractivity contribution in [3.8, 4) is 0 Å². The van der Waals surface area contributed by atoms with Crippen LogP contribution in [0.5, 0.6) is 0 Å². The zero-order valence-corrected chi connectivity index (χ0v) is 14.0. The lowest BCUT2D eigenvalue weighted by atomic mass is 10.4. The minimum atomic E-state index is -0.879. The van der Waals surface area contributed by atoms with Crippen LogP contribution in [0.1, 0.15) is 0 Å². The topological polar surface area (TPSA) is 49.7 Å². The summed E-state index contributed by atoms with van der Waals surface area (Å²) in [6.07, 6.45) is 11.1. The summed E-state index contributed by atoms with van der Waals surface area (Å²) in [6.45, 7) is 0. The predicted octanol–water partition coefficient (Wildman–Crippen LogP) is 2.28. The number of benzene rings is 1. The summed E-state index contributed by atoms with van der Waals surface area (Å²) in [6, 6.07) is 10.3. The highest BCUT2D eigenvalue weighted by molar-refractivity contribution is 7.66. The fourth-order valence-electron chi connectivity index (χ4n) is 2.47. The van der Waals surface area contributed by atoms with E-state index in [0.717, 1.165) is 0 Å². The van der Waals surface area contributed by atoms with Crippen LogP contribution in [0.15, 0.2) is 64.9 Å². The van der Waals surface area contributed by atoms with Crippen molar-refractivity contribution in [1.29, 1.82) is 0 Å². The lowest BCUT2D eigenvalue weighted by molar-refractivity contribution is -0.107. The van der Waals surface area contributed by atoms with E-state index in [-0.39, 0.29) is 11.8 Å². The van der Waals surface area contributed by atoms with Crippen LogP contribution < -0.4 is 5.30 Å². The van der Waals surface area contributed by atoms with E-state index in [1.165, 1.54) is 5.30 Å². The first-order chi connectivity index (χ1) is 11.3. The molecule has 0 fully saturated rings. The average Bonchev–Trinajstić information content (AvgIpc) is 2.64. The van der Waals surface area contributed by atoms with Crippen molar-refractivity contribution in [3.63, 3.8) is 0 Å². The lowest BCUT2D eigenvalue weighted by Gasteiger charge is -2.39. The Morgan fingerprint density at radius 3 is 1.87 bits per heavy atom. The standard InChI is InChI=1S/C16H19N4O2P/c1-21-19-12-6-10-17-15(19)23(14-8-4-3-5-9-14)16-18-11-7-13-20(16)22-2/h3-13,15-16H,1-2H3. The molecule has 0 saturated carbocycles. The molecule has 2 atom stereocenters. The highest BCUT2D eigenvalue weighted by Crippen LogP contribution is 2.50. The molecule has 23 heavy (non-hydrogen) atoms. The summed E-state index contributed by atoms with van der Waals surface area (Å²) in [5, 5.41) is 4.71. The molecule has 0 N–H and O–H groups in total. The van der Waals surface area contributed by atoms with E-state index in [0.29, 0.717) is 0 Å².